The zero-order chi connectivity index (χ0) is 14.9. The summed E-state index contributed by atoms with van der Waals surface area (Å²) >= 11 is 6.60. The van der Waals surface area contributed by atoms with Gasteiger partial charge in [0.1, 0.15) is 0 Å². The fraction of sp³-hybridized carbons (Fsp3) is 0.0833. The van der Waals surface area contributed by atoms with E-state index in [1.807, 2.05) is 6.92 Å². The quantitative estimate of drug-likeness (QED) is 0.799. The van der Waals surface area contributed by atoms with E-state index >= 15 is 0 Å². The third-order valence-electron chi connectivity index (χ3n) is 2.50. The van der Waals surface area contributed by atoms with Gasteiger partial charge in [0.05, 0.1) is 5.69 Å². The highest BCUT2D eigenvalue weighted by Crippen LogP contribution is 2.33. The van der Waals surface area contributed by atoms with Crippen molar-refractivity contribution in [2.45, 2.75) is 11.8 Å². The summed E-state index contributed by atoms with van der Waals surface area (Å²) in [6, 6.07) is 4.71. The van der Waals surface area contributed by atoms with Gasteiger partial charge < -0.3 is 4.98 Å². The Morgan fingerprint density at radius 2 is 1.80 bits per heavy atom. The van der Waals surface area contributed by atoms with Crippen molar-refractivity contribution in [3.8, 4) is 0 Å². The Bertz CT molecular complexity index is 792. The van der Waals surface area contributed by atoms with Gasteiger partial charge in [0, 0.05) is 27.4 Å². The van der Waals surface area contributed by atoms with E-state index in [1.165, 1.54) is 6.20 Å². The minimum absolute atomic E-state index is 0.334. The minimum Gasteiger partial charge on any atom is -0.366 e. The second kappa shape index (κ2) is 5.71. The average Bonchev–Trinajstić information content (AvgIpc) is 2.34. The molecule has 0 radical (unpaired) electrons. The van der Waals surface area contributed by atoms with Crippen LogP contribution in [0.5, 0.6) is 0 Å². The van der Waals surface area contributed by atoms with Crippen LogP contribution in [0, 0.1) is 6.92 Å². The molecule has 1 aromatic heterocycles. The number of benzene rings is 1. The van der Waals surface area contributed by atoms with Crippen molar-refractivity contribution in [1.29, 1.82) is 0 Å². The molecule has 0 aliphatic rings. The lowest BCUT2D eigenvalue weighted by Gasteiger charge is -2.12. The Kier molecular flexibility index (Phi) is 4.36. The smallest absolute Gasteiger partial charge is 0.267 e. The molecule has 0 atom stereocenters. The fourth-order valence-electron chi connectivity index (χ4n) is 1.60. The largest absolute Gasteiger partial charge is 0.366 e. The summed E-state index contributed by atoms with van der Waals surface area (Å²) in [6.45, 7) is 1.88. The van der Waals surface area contributed by atoms with Gasteiger partial charge in [-0.05, 0) is 56.5 Å². The van der Waals surface area contributed by atoms with Crippen LogP contribution in [-0.4, -0.2) is 13.4 Å². The lowest BCUT2D eigenvalue weighted by Crippen LogP contribution is -2.21. The van der Waals surface area contributed by atoms with Gasteiger partial charge in [0.2, 0.25) is 5.43 Å². The van der Waals surface area contributed by atoms with Crippen LogP contribution in [0.2, 0.25) is 0 Å². The van der Waals surface area contributed by atoms with Gasteiger partial charge in [-0.2, -0.15) is 0 Å². The normalized spacial score (nSPS) is 11.3. The van der Waals surface area contributed by atoms with Crippen LogP contribution in [-0.2, 0) is 10.0 Å². The highest BCUT2D eigenvalue weighted by molar-refractivity contribution is 9.11. The summed E-state index contributed by atoms with van der Waals surface area (Å²) < 4.78 is 28.0. The molecule has 0 aliphatic carbocycles. The predicted octanol–water partition coefficient (Wildman–Crippen LogP) is 3.01. The highest BCUT2D eigenvalue weighted by atomic mass is 79.9. The second-order valence-corrected chi connectivity index (χ2v) is 7.44. The van der Waals surface area contributed by atoms with Crippen LogP contribution in [0.4, 0.5) is 5.69 Å². The summed E-state index contributed by atoms with van der Waals surface area (Å²) in [5.41, 5.74) is 0.735. The number of aromatic amines is 1. The van der Waals surface area contributed by atoms with Crippen LogP contribution in [0.3, 0.4) is 0 Å². The zero-order valence-corrected chi connectivity index (χ0v) is 14.3. The number of H-pyrrole nitrogens is 1. The molecule has 0 bridgehead atoms. The van der Waals surface area contributed by atoms with Gasteiger partial charge in [0.25, 0.3) is 10.0 Å². The standard InChI is InChI=1S/C12H10Br2N2O3S/c1-7-4-8(13)12(9(14)5-7)16-20(18,19)11-6-15-3-2-10(11)17/h2-6,16H,1H3,(H,15,17). The number of nitrogens with one attached hydrogen (secondary N) is 2. The lowest BCUT2D eigenvalue weighted by atomic mass is 10.2. The van der Waals surface area contributed by atoms with E-state index in [9.17, 15) is 13.2 Å². The zero-order valence-electron chi connectivity index (χ0n) is 10.3. The SMILES string of the molecule is Cc1cc(Br)c(NS(=O)(=O)c2c[nH]ccc2=O)c(Br)c1. The molecule has 1 heterocycles. The molecule has 2 N–H and O–H groups in total. The van der Waals surface area contributed by atoms with E-state index < -0.39 is 15.5 Å². The number of aromatic nitrogens is 1. The molecule has 0 spiro atoms. The van der Waals surface area contributed by atoms with Gasteiger partial charge in [-0.15, -0.1) is 0 Å². The average molecular weight is 422 g/mol. The number of aryl methyl sites for hydroxylation is 1. The van der Waals surface area contributed by atoms with E-state index in [-0.39, 0.29) is 4.90 Å². The van der Waals surface area contributed by atoms with Gasteiger partial charge in [-0.25, -0.2) is 8.42 Å². The van der Waals surface area contributed by atoms with E-state index in [0.29, 0.717) is 14.6 Å². The van der Waals surface area contributed by atoms with Crippen molar-refractivity contribution in [2.24, 2.45) is 0 Å². The molecule has 106 valence electrons. The van der Waals surface area contributed by atoms with Gasteiger partial charge >= 0.3 is 0 Å². The number of hydrogen-bond acceptors (Lipinski definition) is 3. The van der Waals surface area contributed by atoms with Crippen LogP contribution < -0.4 is 10.2 Å². The van der Waals surface area contributed by atoms with Crippen LogP contribution in [0.15, 0.2) is 49.2 Å². The molecule has 0 amide bonds. The van der Waals surface area contributed by atoms with Crippen molar-refractivity contribution in [3.63, 3.8) is 0 Å². The highest BCUT2D eigenvalue weighted by Gasteiger charge is 2.20. The number of halogens is 2. The Hall–Kier alpha value is -1.12. The maximum Gasteiger partial charge on any atom is 0.267 e. The molecule has 20 heavy (non-hydrogen) atoms. The number of sulfonamides is 1. The summed E-state index contributed by atoms with van der Waals surface area (Å²) in [4.78, 5) is 13.9. The lowest BCUT2D eigenvalue weighted by molar-refractivity contribution is 0.600. The Balaban J connectivity index is 2.50. The van der Waals surface area contributed by atoms with E-state index in [1.54, 1.807) is 12.1 Å². The predicted molar refractivity (Wildman–Crippen MR) is 84.5 cm³/mol. The molecule has 2 rings (SSSR count). The second-order valence-electron chi connectivity index (χ2n) is 4.08. The molecule has 8 heteroatoms. The summed E-state index contributed by atoms with van der Waals surface area (Å²) in [5, 5.41) is 0. The van der Waals surface area contributed by atoms with E-state index in [2.05, 4.69) is 41.6 Å². The Labute approximate surface area is 132 Å². The number of anilines is 1. The van der Waals surface area contributed by atoms with Gasteiger partial charge in [-0.3, -0.25) is 9.52 Å². The first kappa shape index (κ1) is 15.3. The van der Waals surface area contributed by atoms with Crippen molar-refractivity contribution < 1.29 is 8.42 Å². The molecule has 0 unspecified atom stereocenters. The van der Waals surface area contributed by atoms with E-state index in [0.717, 1.165) is 17.8 Å². The first-order valence-electron chi connectivity index (χ1n) is 5.47. The van der Waals surface area contributed by atoms with Crippen molar-refractivity contribution in [2.75, 3.05) is 4.72 Å². The van der Waals surface area contributed by atoms with Crippen molar-refractivity contribution in [1.82, 2.24) is 4.98 Å². The fourth-order valence-corrected chi connectivity index (χ4v) is 4.63. The number of hydrogen-bond donors (Lipinski definition) is 2. The molecule has 0 saturated carbocycles. The first-order chi connectivity index (χ1) is 9.31. The van der Waals surface area contributed by atoms with Gasteiger partial charge in [-0.1, -0.05) is 0 Å². The van der Waals surface area contributed by atoms with Crippen LogP contribution in [0.1, 0.15) is 5.56 Å². The minimum atomic E-state index is -3.96. The Morgan fingerprint density at radius 3 is 2.35 bits per heavy atom. The first-order valence-corrected chi connectivity index (χ1v) is 8.54. The van der Waals surface area contributed by atoms with Gasteiger partial charge in [0.15, 0.2) is 4.90 Å². The third-order valence-corrected chi connectivity index (χ3v) is 5.12. The molecular formula is C12H10Br2N2O3S. The third kappa shape index (κ3) is 3.13. The van der Waals surface area contributed by atoms with E-state index in [4.69, 9.17) is 0 Å². The van der Waals surface area contributed by atoms with Crippen molar-refractivity contribution >= 4 is 47.6 Å². The topological polar surface area (TPSA) is 79.0 Å². The van der Waals surface area contributed by atoms with Crippen LogP contribution >= 0.6 is 31.9 Å². The van der Waals surface area contributed by atoms with Crippen LogP contribution in [0.25, 0.3) is 0 Å². The number of rotatable bonds is 3. The summed E-state index contributed by atoms with van der Waals surface area (Å²) in [5.74, 6) is 0. The molecular weight excluding hydrogens is 412 g/mol. The molecule has 0 saturated heterocycles. The molecule has 0 fully saturated rings. The Morgan fingerprint density at radius 1 is 1.20 bits per heavy atom. The van der Waals surface area contributed by atoms with Crippen molar-refractivity contribution in [3.05, 3.63) is 55.3 Å². The number of pyridine rings is 1. The monoisotopic (exact) mass is 420 g/mol. The maximum absolute atomic E-state index is 12.2. The molecule has 0 aliphatic heterocycles. The molecule has 1 aromatic carbocycles. The molecule has 2 aromatic rings. The molecule has 5 nitrogen and oxygen atoms in total. The maximum atomic E-state index is 12.2. The summed E-state index contributed by atoms with van der Waals surface area (Å²) in [7, 11) is -3.96. The summed E-state index contributed by atoms with van der Waals surface area (Å²) in [6.07, 6.45) is 2.53.